The molecule has 9 heteroatoms. The highest BCUT2D eigenvalue weighted by atomic mass is 32.1. The number of aryl methyl sites for hydroxylation is 1. The lowest BCUT2D eigenvalue weighted by Gasteiger charge is -2.12. The number of anilines is 2. The van der Waals surface area contributed by atoms with E-state index in [-0.39, 0.29) is 32.2 Å². The summed E-state index contributed by atoms with van der Waals surface area (Å²) in [4.78, 5) is 15.5. The molecule has 0 amide bonds. The van der Waals surface area contributed by atoms with Crippen molar-refractivity contribution in [1.82, 2.24) is 4.98 Å². The van der Waals surface area contributed by atoms with Crippen molar-refractivity contribution in [3.63, 3.8) is 0 Å². The average molecular weight is 393 g/mol. The quantitative estimate of drug-likeness (QED) is 0.573. The molecule has 3 aromatic rings. The SMILES string of the molecule is COc1ccc(CNc2cc(C(F)F)c3c(N)c(C(=O)O)sc3n2)c(C)c1. The zero-order valence-corrected chi connectivity index (χ0v) is 15.4. The zero-order chi connectivity index (χ0) is 19.7. The number of nitrogens with zero attached hydrogens (tertiary/aromatic N) is 1. The van der Waals surface area contributed by atoms with Crippen molar-refractivity contribution >= 4 is 39.0 Å². The molecule has 0 radical (unpaired) electrons. The number of nitrogen functional groups attached to an aromatic ring is 1. The van der Waals surface area contributed by atoms with E-state index in [2.05, 4.69) is 10.3 Å². The number of rotatable bonds is 6. The number of carboxylic acid groups (broad SMARTS) is 1. The van der Waals surface area contributed by atoms with E-state index in [4.69, 9.17) is 10.5 Å². The summed E-state index contributed by atoms with van der Waals surface area (Å²) in [5.41, 5.74) is 7.18. The van der Waals surface area contributed by atoms with Crippen molar-refractivity contribution in [3.8, 4) is 5.75 Å². The zero-order valence-electron chi connectivity index (χ0n) is 14.5. The van der Waals surface area contributed by atoms with Crippen LogP contribution in [0.5, 0.6) is 5.75 Å². The van der Waals surface area contributed by atoms with Crippen molar-refractivity contribution in [2.75, 3.05) is 18.2 Å². The molecule has 1 aromatic carbocycles. The van der Waals surface area contributed by atoms with Gasteiger partial charge < -0.3 is 20.9 Å². The lowest BCUT2D eigenvalue weighted by atomic mass is 10.1. The van der Waals surface area contributed by atoms with Gasteiger partial charge in [0.05, 0.1) is 12.8 Å². The summed E-state index contributed by atoms with van der Waals surface area (Å²) in [6.07, 6.45) is -2.81. The van der Waals surface area contributed by atoms with Gasteiger partial charge in [-0.15, -0.1) is 11.3 Å². The fourth-order valence-corrected chi connectivity index (χ4v) is 3.72. The second-order valence-corrected chi connectivity index (χ2v) is 6.87. The largest absolute Gasteiger partial charge is 0.497 e. The number of halogens is 2. The Hall–Kier alpha value is -2.94. The highest BCUT2D eigenvalue weighted by molar-refractivity contribution is 7.21. The first-order chi connectivity index (χ1) is 12.8. The summed E-state index contributed by atoms with van der Waals surface area (Å²) < 4.78 is 32.2. The third kappa shape index (κ3) is 3.63. The molecule has 2 aromatic heterocycles. The van der Waals surface area contributed by atoms with Crippen molar-refractivity contribution in [3.05, 3.63) is 45.8 Å². The number of carbonyl (C=O) groups is 1. The van der Waals surface area contributed by atoms with E-state index in [9.17, 15) is 18.7 Å². The standard InChI is InChI=1S/C18H17F2N3O3S/c1-8-5-10(26-2)4-3-9(8)7-22-12-6-11(16(19)20)13-14(21)15(18(24)25)27-17(13)23-12/h3-6,16H,7,21H2,1-2H3,(H,22,23)(H,24,25). The third-order valence-electron chi connectivity index (χ3n) is 4.17. The maximum absolute atomic E-state index is 13.5. The Morgan fingerprint density at radius 1 is 1.41 bits per heavy atom. The molecule has 0 saturated carbocycles. The number of hydrogen-bond donors (Lipinski definition) is 3. The number of benzene rings is 1. The van der Waals surface area contributed by atoms with Gasteiger partial charge in [0.15, 0.2) is 0 Å². The molecule has 0 aliphatic heterocycles. The van der Waals surface area contributed by atoms with E-state index in [0.717, 1.165) is 28.2 Å². The molecule has 6 nitrogen and oxygen atoms in total. The Labute approximate surface area is 157 Å². The van der Waals surface area contributed by atoms with Gasteiger partial charge in [-0.2, -0.15) is 0 Å². The smallest absolute Gasteiger partial charge is 0.348 e. The highest BCUT2D eigenvalue weighted by Gasteiger charge is 2.23. The Bertz CT molecular complexity index is 1020. The minimum atomic E-state index is -2.81. The number of fused-ring (bicyclic) bond motifs is 1. The average Bonchev–Trinajstić information content (AvgIpc) is 2.96. The number of ether oxygens (including phenoxy) is 1. The Balaban J connectivity index is 1.96. The van der Waals surface area contributed by atoms with Gasteiger partial charge in [-0.3, -0.25) is 0 Å². The van der Waals surface area contributed by atoms with Gasteiger partial charge in [-0.1, -0.05) is 6.07 Å². The van der Waals surface area contributed by atoms with Crippen LogP contribution in [0.25, 0.3) is 10.2 Å². The number of carboxylic acids is 1. The van der Waals surface area contributed by atoms with Crippen LogP contribution in [0.3, 0.4) is 0 Å². The van der Waals surface area contributed by atoms with Gasteiger partial charge in [0.1, 0.15) is 21.3 Å². The van der Waals surface area contributed by atoms with Gasteiger partial charge in [0.25, 0.3) is 6.43 Å². The van der Waals surface area contributed by atoms with Crippen LogP contribution in [-0.4, -0.2) is 23.2 Å². The van der Waals surface area contributed by atoms with E-state index in [1.165, 1.54) is 6.07 Å². The maximum atomic E-state index is 13.5. The predicted octanol–water partition coefficient (Wildman–Crippen LogP) is 4.44. The summed E-state index contributed by atoms with van der Waals surface area (Å²) in [5, 5.41) is 12.2. The number of methoxy groups -OCH3 is 1. The second-order valence-electron chi connectivity index (χ2n) is 5.87. The van der Waals surface area contributed by atoms with Crippen LogP contribution in [0, 0.1) is 6.92 Å². The lowest BCUT2D eigenvalue weighted by molar-refractivity contribution is 0.0703. The first-order valence-electron chi connectivity index (χ1n) is 7.93. The fourth-order valence-electron chi connectivity index (χ4n) is 2.75. The van der Waals surface area contributed by atoms with Crippen LogP contribution >= 0.6 is 11.3 Å². The van der Waals surface area contributed by atoms with E-state index < -0.39 is 12.4 Å². The molecular weight excluding hydrogens is 376 g/mol. The first-order valence-corrected chi connectivity index (χ1v) is 8.75. The van der Waals surface area contributed by atoms with Crippen molar-refractivity contribution in [2.24, 2.45) is 0 Å². The summed E-state index contributed by atoms with van der Waals surface area (Å²) in [6.45, 7) is 2.28. The van der Waals surface area contributed by atoms with Crippen molar-refractivity contribution in [2.45, 2.75) is 19.9 Å². The van der Waals surface area contributed by atoms with E-state index in [0.29, 0.717) is 6.54 Å². The Morgan fingerprint density at radius 3 is 2.74 bits per heavy atom. The lowest BCUT2D eigenvalue weighted by Crippen LogP contribution is -2.04. The highest BCUT2D eigenvalue weighted by Crippen LogP contribution is 2.39. The molecule has 4 N–H and O–H groups in total. The fraction of sp³-hybridized carbons (Fsp3) is 0.222. The molecular formula is C18H17F2N3O3S. The number of aromatic nitrogens is 1. The van der Waals surface area contributed by atoms with Crippen LogP contribution in [0.15, 0.2) is 24.3 Å². The van der Waals surface area contributed by atoms with Gasteiger partial charge in [0.2, 0.25) is 0 Å². The van der Waals surface area contributed by atoms with Crippen LogP contribution in [-0.2, 0) is 6.54 Å². The second kappa shape index (κ2) is 7.36. The van der Waals surface area contributed by atoms with Crippen molar-refractivity contribution in [1.29, 1.82) is 0 Å². The number of hydrogen-bond acceptors (Lipinski definition) is 6. The van der Waals surface area contributed by atoms with Gasteiger partial charge >= 0.3 is 5.97 Å². The number of nitrogens with two attached hydrogens (primary N) is 1. The molecule has 0 aliphatic rings. The molecule has 0 unspecified atom stereocenters. The van der Waals surface area contributed by atoms with E-state index in [1.54, 1.807) is 7.11 Å². The summed E-state index contributed by atoms with van der Waals surface area (Å²) >= 11 is 0.782. The predicted molar refractivity (Wildman–Crippen MR) is 101 cm³/mol. The molecule has 0 fully saturated rings. The number of pyridine rings is 1. The van der Waals surface area contributed by atoms with E-state index >= 15 is 0 Å². The monoisotopic (exact) mass is 393 g/mol. The van der Waals surface area contributed by atoms with Crippen LogP contribution in [0.2, 0.25) is 0 Å². The van der Waals surface area contributed by atoms with Crippen LogP contribution in [0.1, 0.15) is 32.8 Å². The summed E-state index contributed by atoms with van der Waals surface area (Å²) in [5.74, 6) is -0.309. The normalized spacial score (nSPS) is 11.1. The summed E-state index contributed by atoms with van der Waals surface area (Å²) in [6, 6.07) is 6.77. The Kier molecular flexibility index (Phi) is 5.13. The number of nitrogens with one attached hydrogen (secondary N) is 1. The number of thiophene rings is 1. The van der Waals surface area contributed by atoms with Crippen molar-refractivity contribution < 1.29 is 23.4 Å². The van der Waals surface area contributed by atoms with Crippen LogP contribution in [0.4, 0.5) is 20.3 Å². The molecule has 0 aliphatic carbocycles. The summed E-state index contributed by atoms with van der Waals surface area (Å²) in [7, 11) is 1.58. The number of aromatic carboxylic acids is 1. The molecule has 2 heterocycles. The molecule has 0 saturated heterocycles. The molecule has 0 spiro atoms. The van der Waals surface area contributed by atoms with Gasteiger partial charge in [-0.25, -0.2) is 18.6 Å². The topological polar surface area (TPSA) is 97.5 Å². The molecule has 142 valence electrons. The first kappa shape index (κ1) is 18.8. The maximum Gasteiger partial charge on any atom is 0.348 e. The minimum Gasteiger partial charge on any atom is -0.497 e. The minimum absolute atomic E-state index is 0.00132. The van der Waals surface area contributed by atoms with Gasteiger partial charge in [0, 0.05) is 17.5 Å². The van der Waals surface area contributed by atoms with Crippen LogP contribution < -0.4 is 15.8 Å². The molecule has 3 rings (SSSR count). The Morgan fingerprint density at radius 2 is 2.15 bits per heavy atom. The third-order valence-corrected chi connectivity index (χ3v) is 5.26. The number of alkyl halides is 2. The molecule has 0 bridgehead atoms. The molecule has 27 heavy (non-hydrogen) atoms. The van der Waals surface area contributed by atoms with E-state index in [1.807, 2.05) is 25.1 Å². The van der Waals surface area contributed by atoms with Gasteiger partial charge in [-0.05, 0) is 36.2 Å². The molecule has 0 atom stereocenters.